The predicted molar refractivity (Wildman–Crippen MR) is 79.2 cm³/mol. The van der Waals surface area contributed by atoms with Gasteiger partial charge in [0.05, 0.1) is 0 Å². The van der Waals surface area contributed by atoms with Crippen molar-refractivity contribution in [2.75, 3.05) is 6.54 Å². The maximum Gasteiger partial charge on any atom is 0.249 e. The minimum Gasteiger partial charge on any atom is -0.340 e. The van der Waals surface area contributed by atoms with Crippen LogP contribution in [-0.2, 0) is 9.59 Å². The van der Waals surface area contributed by atoms with Crippen LogP contribution >= 0.6 is 11.6 Å². The summed E-state index contributed by atoms with van der Waals surface area (Å²) in [5.74, 6) is 0.214. The first-order chi connectivity index (χ1) is 9.21. The summed E-state index contributed by atoms with van der Waals surface area (Å²) in [5.41, 5.74) is 0.331. The summed E-state index contributed by atoms with van der Waals surface area (Å²) in [7, 11) is 0. The second-order valence-corrected chi connectivity index (χ2v) is 7.31. The molecule has 1 heterocycles. The van der Waals surface area contributed by atoms with Gasteiger partial charge in [0.2, 0.25) is 11.8 Å². The van der Waals surface area contributed by atoms with E-state index in [4.69, 9.17) is 11.6 Å². The number of rotatable bonds is 3. The number of amides is 2. The maximum absolute atomic E-state index is 12.9. The Kier molecular flexibility index (Phi) is 3.89. The largest absolute Gasteiger partial charge is 0.340 e. The molecule has 112 valence electrons. The number of halogens is 1. The van der Waals surface area contributed by atoms with Gasteiger partial charge >= 0.3 is 0 Å². The fourth-order valence-electron chi connectivity index (χ4n) is 3.07. The Labute approximate surface area is 125 Å². The Balaban J connectivity index is 2.35. The summed E-state index contributed by atoms with van der Waals surface area (Å²) in [4.78, 5) is 27.1. The number of carbonyl (C=O) groups is 2. The average Bonchev–Trinajstić information content (AvgIpc) is 3.14. The third kappa shape index (κ3) is 2.58. The molecule has 0 spiro atoms. The highest BCUT2D eigenvalue weighted by molar-refractivity contribution is 6.25. The lowest BCUT2D eigenvalue weighted by Crippen LogP contribution is -2.72. The molecule has 5 heteroatoms. The minimum absolute atomic E-state index is 0.00860. The van der Waals surface area contributed by atoms with Crippen molar-refractivity contribution in [1.29, 1.82) is 0 Å². The quantitative estimate of drug-likeness (QED) is 0.869. The zero-order chi connectivity index (χ0) is 15.1. The van der Waals surface area contributed by atoms with Crippen LogP contribution in [0.15, 0.2) is 11.6 Å². The average molecular weight is 299 g/mol. The minimum atomic E-state index is -0.751. The lowest BCUT2D eigenvalue weighted by molar-refractivity contribution is -0.159. The molecular formula is C15H23ClN2O2. The van der Waals surface area contributed by atoms with Gasteiger partial charge in [-0.1, -0.05) is 38.4 Å². The number of carbonyl (C=O) groups excluding carboxylic acids is 2. The highest BCUT2D eigenvalue weighted by Gasteiger charge is 2.56. The van der Waals surface area contributed by atoms with Crippen LogP contribution in [0.25, 0.3) is 0 Å². The molecule has 2 amide bonds. The van der Waals surface area contributed by atoms with E-state index < -0.39 is 11.6 Å². The molecule has 2 aliphatic rings. The van der Waals surface area contributed by atoms with Crippen molar-refractivity contribution in [2.24, 2.45) is 11.3 Å². The van der Waals surface area contributed by atoms with E-state index in [9.17, 15) is 9.59 Å². The molecule has 0 bridgehead atoms. The van der Waals surface area contributed by atoms with Crippen molar-refractivity contribution < 1.29 is 9.59 Å². The zero-order valence-electron chi connectivity index (χ0n) is 12.6. The van der Waals surface area contributed by atoms with E-state index in [1.165, 1.54) is 5.54 Å². The van der Waals surface area contributed by atoms with Crippen LogP contribution in [0.2, 0.25) is 0 Å². The molecule has 0 radical (unpaired) electrons. The van der Waals surface area contributed by atoms with E-state index in [1.807, 2.05) is 27.7 Å². The fourth-order valence-corrected chi connectivity index (χ4v) is 3.15. The highest BCUT2D eigenvalue weighted by atomic mass is 35.5. The molecular weight excluding hydrogens is 276 g/mol. The first-order valence-corrected chi connectivity index (χ1v) is 7.54. The number of nitrogens with zero attached hydrogens (tertiary/aromatic N) is 1. The summed E-state index contributed by atoms with van der Waals surface area (Å²) in [6.07, 6.45) is 3.72. The monoisotopic (exact) mass is 298 g/mol. The normalized spacial score (nSPS) is 31.9. The molecule has 1 aliphatic heterocycles. The third-order valence-electron chi connectivity index (χ3n) is 4.25. The summed E-state index contributed by atoms with van der Waals surface area (Å²) >= 11 is 5.59. The second-order valence-electron chi connectivity index (χ2n) is 7.05. The lowest BCUT2D eigenvalue weighted by Gasteiger charge is -2.48. The van der Waals surface area contributed by atoms with Crippen molar-refractivity contribution in [3.63, 3.8) is 0 Å². The Hall–Kier alpha value is -1.03. The Bertz CT molecular complexity index is 451. The fraction of sp³-hybridized carbons (Fsp3) is 0.733. The van der Waals surface area contributed by atoms with Gasteiger partial charge in [0, 0.05) is 12.1 Å². The topological polar surface area (TPSA) is 49.4 Å². The molecule has 0 aromatic heterocycles. The van der Waals surface area contributed by atoms with Crippen molar-refractivity contribution in [1.82, 2.24) is 10.2 Å². The van der Waals surface area contributed by atoms with Crippen molar-refractivity contribution in [3.8, 4) is 0 Å². The number of hydrogen-bond donors (Lipinski definition) is 1. The number of nitrogens with one attached hydrogen (secondary N) is 1. The summed E-state index contributed by atoms with van der Waals surface area (Å²) in [6, 6.07) is -0.463. The number of hydrogen-bond acceptors (Lipinski definition) is 2. The predicted octanol–water partition coefficient (Wildman–Crippen LogP) is 2.28. The Morgan fingerprint density at radius 2 is 2.00 bits per heavy atom. The molecule has 2 fully saturated rings. The summed E-state index contributed by atoms with van der Waals surface area (Å²) in [5, 5.41) is 2.98. The van der Waals surface area contributed by atoms with Gasteiger partial charge in [0.1, 0.15) is 11.6 Å². The van der Waals surface area contributed by atoms with Gasteiger partial charge in [0.15, 0.2) is 0 Å². The van der Waals surface area contributed by atoms with Gasteiger partial charge < -0.3 is 10.2 Å². The first kappa shape index (κ1) is 15.4. The molecule has 2 rings (SSSR count). The van der Waals surface area contributed by atoms with Crippen LogP contribution in [0.5, 0.6) is 0 Å². The number of piperazine rings is 1. The van der Waals surface area contributed by atoms with Crippen LogP contribution in [-0.4, -0.2) is 34.8 Å². The van der Waals surface area contributed by atoms with Gasteiger partial charge in [-0.05, 0) is 31.1 Å². The van der Waals surface area contributed by atoms with E-state index in [0.29, 0.717) is 6.54 Å². The molecule has 1 N–H and O–H groups in total. The van der Waals surface area contributed by atoms with Gasteiger partial charge in [-0.3, -0.25) is 9.59 Å². The molecule has 2 atom stereocenters. The molecule has 1 saturated carbocycles. The molecule has 2 unspecified atom stereocenters. The van der Waals surface area contributed by atoms with E-state index >= 15 is 0 Å². The van der Waals surface area contributed by atoms with E-state index in [1.54, 1.807) is 11.0 Å². The van der Waals surface area contributed by atoms with Crippen LogP contribution in [0.1, 0.15) is 40.5 Å². The van der Waals surface area contributed by atoms with E-state index in [2.05, 4.69) is 5.32 Å². The smallest absolute Gasteiger partial charge is 0.249 e. The molecule has 4 nitrogen and oxygen atoms in total. The standard InChI is InChI=1S/C15H23ClN2O2/c1-14(2,3)11-12(19)17-15(4,10-6-7-10)13(20)18(11)9-5-8-16/h5,8,10-11H,6-7,9H2,1-4H3,(H,17,19)/b8-5+. The van der Waals surface area contributed by atoms with Crippen LogP contribution < -0.4 is 5.32 Å². The van der Waals surface area contributed by atoms with E-state index in [-0.39, 0.29) is 23.1 Å². The van der Waals surface area contributed by atoms with Gasteiger partial charge in [0.25, 0.3) is 0 Å². The summed E-state index contributed by atoms with van der Waals surface area (Å²) < 4.78 is 0. The second kappa shape index (κ2) is 5.06. The van der Waals surface area contributed by atoms with Crippen LogP contribution in [0.4, 0.5) is 0 Å². The molecule has 0 aromatic rings. The van der Waals surface area contributed by atoms with Crippen molar-refractivity contribution in [2.45, 2.75) is 52.1 Å². The van der Waals surface area contributed by atoms with Crippen LogP contribution in [0, 0.1) is 11.3 Å². The third-order valence-corrected chi connectivity index (χ3v) is 4.43. The van der Waals surface area contributed by atoms with Gasteiger partial charge in [-0.15, -0.1) is 0 Å². The molecule has 0 aromatic carbocycles. The maximum atomic E-state index is 12.9. The SMILES string of the molecule is CC(C)(C)C1C(=O)NC(C)(C2CC2)C(=O)N1C/C=C/Cl. The van der Waals surface area contributed by atoms with Crippen molar-refractivity contribution in [3.05, 3.63) is 11.6 Å². The van der Waals surface area contributed by atoms with E-state index in [0.717, 1.165) is 12.8 Å². The molecule has 20 heavy (non-hydrogen) atoms. The highest BCUT2D eigenvalue weighted by Crippen LogP contribution is 2.43. The van der Waals surface area contributed by atoms with Crippen LogP contribution in [0.3, 0.4) is 0 Å². The van der Waals surface area contributed by atoms with Gasteiger partial charge in [-0.2, -0.15) is 0 Å². The van der Waals surface area contributed by atoms with Crippen molar-refractivity contribution >= 4 is 23.4 Å². The molecule has 1 aliphatic carbocycles. The zero-order valence-corrected chi connectivity index (χ0v) is 13.3. The van der Waals surface area contributed by atoms with Gasteiger partial charge in [-0.25, -0.2) is 0 Å². The Morgan fingerprint density at radius 3 is 2.45 bits per heavy atom. The Morgan fingerprint density at radius 1 is 1.40 bits per heavy atom. The first-order valence-electron chi connectivity index (χ1n) is 7.10. The lowest BCUT2D eigenvalue weighted by atomic mass is 9.79. The summed E-state index contributed by atoms with van der Waals surface area (Å²) in [6.45, 7) is 8.15. The molecule has 1 saturated heterocycles.